The molecule has 20 heavy (non-hydrogen) atoms. The summed E-state index contributed by atoms with van der Waals surface area (Å²) in [6.07, 6.45) is 3.71. The van der Waals surface area contributed by atoms with Crippen LogP contribution in [0.1, 0.15) is 16.9 Å². The molecule has 0 saturated carbocycles. The van der Waals surface area contributed by atoms with Gasteiger partial charge in [-0.3, -0.25) is 4.98 Å². The molecule has 4 aromatic rings. The number of aromatic nitrogens is 1. The first-order valence-electron chi connectivity index (χ1n) is 6.82. The van der Waals surface area contributed by atoms with Crippen LogP contribution in [-0.4, -0.2) is 4.98 Å². The molecule has 0 aliphatic rings. The van der Waals surface area contributed by atoms with Gasteiger partial charge in [-0.25, -0.2) is 0 Å². The highest BCUT2D eigenvalue weighted by Gasteiger charge is 2.15. The van der Waals surface area contributed by atoms with Gasteiger partial charge in [0.25, 0.3) is 0 Å². The zero-order valence-electron chi connectivity index (χ0n) is 11.8. The smallest absolute Gasteiger partial charge is 0.109 e. The molecule has 0 aliphatic heterocycles. The van der Waals surface area contributed by atoms with Gasteiger partial charge in [-0.15, -0.1) is 0 Å². The summed E-state index contributed by atoms with van der Waals surface area (Å²) in [4.78, 5) is 4.61. The van der Waals surface area contributed by atoms with Crippen LogP contribution in [0.15, 0.2) is 41.1 Å². The number of pyridine rings is 1. The largest absolute Gasteiger partial charge is 0.468 e. The van der Waals surface area contributed by atoms with E-state index in [1.165, 1.54) is 27.3 Å². The molecule has 0 amide bonds. The lowest BCUT2D eigenvalue weighted by atomic mass is 9.94. The maximum Gasteiger partial charge on any atom is 0.109 e. The van der Waals surface area contributed by atoms with Crippen LogP contribution >= 0.6 is 0 Å². The average molecular weight is 261 g/mol. The van der Waals surface area contributed by atoms with Crippen molar-refractivity contribution in [3.05, 3.63) is 53.6 Å². The maximum absolute atomic E-state index is 5.69. The predicted molar refractivity (Wildman–Crippen MR) is 83.2 cm³/mol. The lowest BCUT2D eigenvalue weighted by molar-refractivity contribution is 0.540. The standard InChI is InChI=1S/C18H15NO/c1-10-7-11(2)16-14(8-10)18-13(5-4-6-19-18)15-9-20-12(3)17(15)16/h4-9H,1-3H3. The summed E-state index contributed by atoms with van der Waals surface area (Å²) in [6.45, 7) is 6.33. The van der Waals surface area contributed by atoms with E-state index in [1.54, 1.807) is 0 Å². The van der Waals surface area contributed by atoms with E-state index in [-0.39, 0.29) is 0 Å². The second-order valence-corrected chi connectivity index (χ2v) is 5.48. The van der Waals surface area contributed by atoms with E-state index in [9.17, 15) is 0 Å². The van der Waals surface area contributed by atoms with E-state index < -0.39 is 0 Å². The molecule has 0 unspecified atom stereocenters. The van der Waals surface area contributed by atoms with Crippen LogP contribution in [0.4, 0.5) is 0 Å². The lowest BCUT2D eigenvalue weighted by Gasteiger charge is -2.10. The van der Waals surface area contributed by atoms with E-state index in [2.05, 4.69) is 37.0 Å². The molecule has 0 bridgehead atoms. The van der Waals surface area contributed by atoms with Gasteiger partial charge < -0.3 is 4.42 Å². The van der Waals surface area contributed by atoms with Gasteiger partial charge in [0, 0.05) is 27.7 Å². The third kappa shape index (κ3) is 1.36. The van der Waals surface area contributed by atoms with Gasteiger partial charge in [0.15, 0.2) is 0 Å². The van der Waals surface area contributed by atoms with Crippen molar-refractivity contribution < 1.29 is 4.42 Å². The highest BCUT2D eigenvalue weighted by Crippen LogP contribution is 2.38. The highest BCUT2D eigenvalue weighted by atomic mass is 16.3. The fourth-order valence-electron chi connectivity index (χ4n) is 3.29. The number of aryl methyl sites for hydroxylation is 3. The first-order valence-corrected chi connectivity index (χ1v) is 6.82. The van der Waals surface area contributed by atoms with Crippen LogP contribution in [0.5, 0.6) is 0 Å². The summed E-state index contributed by atoms with van der Waals surface area (Å²) in [7, 11) is 0. The minimum Gasteiger partial charge on any atom is -0.468 e. The van der Waals surface area contributed by atoms with Crippen molar-refractivity contribution in [1.82, 2.24) is 4.98 Å². The van der Waals surface area contributed by atoms with Gasteiger partial charge in [-0.2, -0.15) is 0 Å². The van der Waals surface area contributed by atoms with Crippen LogP contribution in [0.3, 0.4) is 0 Å². The Labute approximate surface area is 117 Å². The van der Waals surface area contributed by atoms with Crippen molar-refractivity contribution in [2.24, 2.45) is 0 Å². The first kappa shape index (κ1) is 11.5. The molecule has 0 atom stereocenters. The first-order chi connectivity index (χ1) is 9.66. The summed E-state index contributed by atoms with van der Waals surface area (Å²) >= 11 is 0. The SMILES string of the molecule is Cc1cc(C)c2c(c1)c1ncccc1c1coc(C)c12. The Morgan fingerprint density at radius 2 is 1.80 bits per heavy atom. The van der Waals surface area contributed by atoms with Gasteiger partial charge >= 0.3 is 0 Å². The summed E-state index contributed by atoms with van der Waals surface area (Å²) < 4.78 is 5.69. The molecule has 2 heterocycles. The molecule has 2 aromatic heterocycles. The Balaban J connectivity index is 2.47. The van der Waals surface area contributed by atoms with Crippen molar-refractivity contribution in [1.29, 1.82) is 0 Å². The van der Waals surface area contributed by atoms with Gasteiger partial charge in [0.05, 0.1) is 11.8 Å². The Hall–Kier alpha value is -2.35. The zero-order chi connectivity index (χ0) is 13.9. The third-order valence-electron chi connectivity index (χ3n) is 4.06. The molecule has 0 spiro atoms. The quantitative estimate of drug-likeness (QED) is 0.413. The molecule has 2 aromatic carbocycles. The van der Waals surface area contributed by atoms with Crippen LogP contribution < -0.4 is 0 Å². The zero-order valence-corrected chi connectivity index (χ0v) is 11.8. The topological polar surface area (TPSA) is 26.0 Å². The van der Waals surface area contributed by atoms with E-state index >= 15 is 0 Å². The fraction of sp³-hybridized carbons (Fsp3) is 0.167. The van der Waals surface area contributed by atoms with E-state index in [1.807, 2.05) is 25.5 Å². The molecular formula is C18H15NO. The monoisotopic (exact) mass is 261 g/mol. The van der Waals surface area contributed by atoms with Gasteiger partial charge in [0.1, 0.15) is 5.76 Å². The van der Waals surface area contributed by atoms with Crippen molar-refractivity contribution >= 4 is 32.4 Å². The lowest BCUT2D eigenvalue weighted by Crippen LogP contribution is -1.88. The van der Waals surface area contributed by atoms with Crippen LogP contribution in [0.25, 0.3) is 32.4 Å². The van der Waals surface area contributed by atoms with Crippen molar-refractivity contribution in [2.75, 3.05) is 0 Å². The highest BCUT2D eigenvalue weighted by molar-refractivity contribution is 6.25. The fourth-order valence-corrected chi connectivity index (χ4v) is 3.29. The molecule has 0 saturated heterocycles. The van der Waals surface area contributed by atoms with Crippen LogP contribution in [0.2, 0.25) is 0 Å². The average Bonchev–Trinajstić information content (AvgIpc) is 2.81. The van der Waals surface area contributed by atoms with Crippen molar-refractivity contribution in [2.45, 2.75) is 20.8 Å². The van der Waals surface area contributed by atoms with Crippen molar-refractivity contribution in [3.8, 4) is 0 Å². The molecule has 0 fully saturated rings. The third-order valence-corrected chi connectivity index (χ3v) is 4.06. The van der Waals surface area contributed by atoms with Gasteiger partial charge in [-0.05, 0) is 43.9 Å². The number of nitrogens with zero attached hydrogens (tertiary/aromatic N) is 1. The molecular weight excluding hydrogens is 246 g/mol. The van der Waals surface area contributed by atoms with E-state index in [4.69, 9.17) is 4.42 Å². The molecule has 0 aliphatic carbocycles. The summed E-state index contributed by atoms with van der Waals surface area (Å²) in [6, 6.07) is 8.56. The Bertz CT molecular complexity index is 979. The maximum atomic E-state index is 5.69. The van der Waals surface area contributed by atoms with Gasteiger partial charge in [0.2, 0.25) is 0 Å². The summed E-state index contributed by atoms with van der Waals surface area (Å²) in [5.74, 6) is 0.975. The number of furan rings is 1. The molecule has 0 radical (unpaired) electrons. The number of hydrogen-bond donors (Lipinski definition) is 0. The minimum atomic E-state index is 0.975. The number of rotatable bonds is 0. The number of benzene rings is 2. The second-order valence-electron chi connectivity index (χ2n) is 5.48. The summed E-state index contributed by atoms with van der Waals surface area (Å²) in [5, 5.41) is 6.03. The normalized spacial score (nSPS) is 11.8. The van der Waals surface area contributed by atoms with E-state index in [0.717, 1.165) is 22.0 Å². The number of hydrogen-bond acceptors (Lipinski definition) is 2. The minimum absolute atomic E-state index is 0.975. The summed E-state index contributed by atoms with van der Waals surface area (Å²) in [5.41, 5.74) is 3.60. The Kier molecular flexibility index (Phi) is 2.19. The van der Waals surface area contributed by atoms with Gasteiger partial charge in [-0.1, -0.05) is 17.7 Å². The van der Waals surface area contributed by atoms with Crippen LogP contribution in [0, 0.1) is 20.8 Å². The molecule has 2 heteroatoms. The second kappa shape index (κ2) is 3.83. The van der Waals surface area contributed by atoms with Crippen LogP contribution in [-0.2, 0) is 0 Å². The number of fused-ring (bicyclic) bond motifs is 6. The Morgan fingerprint density at radius 3 is 2.65 bits per heavy atom. The molecule has 4 rings (SSSR count). The molecule has 2 nitrogen and oxygen atoms in total. The molecule has 0 N–H and O–H groups in total. The van der Waals surface area contributed by atoms with Crippen molar-refractivity contribution in [3.63, 3.8) is 0 Å². The van der Waals surface area contributed by atoms with E-state index in [0.29, 0.717) is 0 Å². The molecule has 98 valence electrons. The predicted octanol–water partition coefficient (Wildman–Crippen LogP) is 5.06. The Morgan fingerprint density at radius 1 is 0.950 bits per heavy atom.